The molecule has 0 fully saturated rings. The van der Waals surface area contributed by atoms with E-state index >= 15 is 0 Å². The van der Waals surface area contributed by atoms with Crippen LogP contribution in [-0.4, -0.2) is 32.3 Å². The third kappa shape index (κ3) is 5.11. The number of hydrogen-bond donors (Lipinski definition) is 3. The van der Waals surface area contributed by atoms with Gasteiger partial charge in [-0.1, -0.05) is 41.9 Å². The van der Waals surface area contributed by atoms with Crippen LogP contribution in [0.4, 0.5) is 4.79 Å². The molecule has 0 bridgehead atoms. The minimum Gasteiger partial charge on any atom is -0.497 e. The van der Waals surface area contributed by atoms with Crippen molar-refractivity contribution in [2.75, 3.05) is 20.3 Å². The quantitative estimate of drug-likeness (QED) is 0.560. The van der Waals surface area contributed by atoms with Gasteiger partial charge < -0.3 is 25.4 Å². The van der Waals surface area contributed by atoms with Gasteiger partial charge >= 0.3 is 12.0 Å². The molecular weight excluding hydrogens is 406 g/mol. The molecule has 0 aromatic heterocycles. The summed E-state index contributed by atoms with van der Waals surface area (Å²) in [6.07, 6.45) is 0. The number of hydrogen-bond acceptors (Lipinski definition) is 5. The summed E-state index contributed by atoms with van der Waals surface area (Å²) in [6, 6.07) is 13.6. The Bertz CT molecular complexity index is 944. The van der Waals surface area contributed by atoms with E-state index in [1.54, 1.807) is 26.2 Å². The van der Waals surface area contributed by atoms with Crippen LogP contribution in [-0.2, 0) is 16.1 Å². The summed E-state index contributed by atoms with van der Waals surface area (Å²) in [5.41, 5.74) is 2.49. The van der Waals surface area contributed by atoms with Gasteiger partial charge in [0, 0.05) is 23.8 Å². The number of methoxy groups -OCH3 is 1. The Hall–Kier alpha value is -3.03. The third-order valence-electron chi connectivity index (χ3n) is 4.67. The van der Waals surface area contributed by atoms with E-state index in [0.29, 0.717) is 28.6 Å². The second-order valence-electron chi connectivity index (χ2n) is 6.61. The molecule has 0 aliphatic carbocycles. The number of carbonyl (C=O) groups is 2. The van der Waals surface area contributed by atoms with Crippen LogP contribution in [0.25, 0.3) is 0 Å². The van der Waals surface area contributed by atoms with Crippen molar-refractivity contribution in [3.8, 4) is 5.75 Å². The lowest BCUT2D eigenvalue weighted by molar-refractivity contribution is -0.139. The van der Waals surface area contributed by atoms with Crippen molar-refractivity contribution in [1.29, 1.82) is 0 Å². The Labute approximate surface area is 180 Å². The highest BCUT2D eigenvalue weighted by Gasteiger charge is 2.33. The van der Waals surface area contributed by atoms with Crippen LogP contribution in [0, 0.1) is 0 Å². The van der Waals surface area contributed by atoms with Crippen LogP contribution < -0.4 is 20.7 Å². The van der Waals surface area contributed by atoms with E-state index in [-0.39, 0.29) is 13.2 Å². The van der Waals surface area contributed by atoms with Gasteiger partial charge in [-0.15, -0.1) is 0 Å². The van der Waals surface area contributed by atoms with Crippen LogP contribution in [0.2, 0.25) is 5.02 Å². The average molecular weight is 430 g/mol. The third-order valence-corrected chi connectivity index (χ3v) is 5.04. The first-order valence-corrected chi connectivity index (χ1v) is 9.97. The zero-order valence-electron chi connectivity index (χ0n) is 16.8. The molecule has 2 amide bonds. The van der Waals surface area contributed by atoms with E-state index in [2.05, 4.69) is 16.0 Å². The maximum absolute atomic E-state index is 12.8. The van der Waals surface area contributed by atoms with E-state index < -0.39 is 18.0 Å². The Morgan fingerprint density at radius 2 is 1.87 bits per heavy atom. The van der Waals surface area contributed by atoms with E-state index in [1.165, 1.54) is 0 Å². The summed E-state index contributed by atoms with van der Waals surface area (Å²) in [5.74, 6) is 0.197. The molecule has 1 unspecified atom stereocenters. The molecule has 1 atom stereocenters. The van der Waals surface area contributed by atoms with Crippen LogP contribution in [0.3, 0.4) is 0 Å². The fourth-order valence-corrected chi connectivity index (χ4v) is 3.42. The van der Waals surface area contributed by atoms with Gasteiger partial charge in [-0.05, 0) is 36.2 Å². The van der Waals surface area contributed by atoms with Gasteiger partial charge in [-0.2, -0.15) is 0 Å². The molecule has 0 radical (unpaired) electrons. The number of halogens is 1. The number of nitrogens with one attached hydrogen (secondary N) is 3. The number of benzene rings is 2. The van der Waals surface area contributed by atoms with Crippen LogP contribution in [0.5, 0.6) is 5.75 Å². The fourth-order valence-electron chi connectivity index (χ4n) is 3.22. The smallest absolute Gasteiger partial charge is 0.338 e. The molecule has 0 spiro atoms. The Balaban J connectivity index is 1.88. The minimum absolute atomic E-state index is 0.228. The maximum atomic E-state index is 12.8. The summed E-state index contributed by atoms with van der Waals surface area (Å²) in [7, 11) is 1.58. The van der Waals surface area contributed by atoms with Crippen LogP contribution >= 0.6 is 11.6 Å². The first-order valence-electron chi connectivity index (χ1n) is 9.59. The molecule has 7 nitrogen and oxygen atoms in total. The van der Waals surface area contributed by atoms with Crippen molar-refractivity contribution < 1.29 is 19.1 Å². The predicted octanol–water partition coefficient (Wildman–Crippen LogP) is 3.31. The van der Waals surface area contributed by atoms with E-state index in [9.17, 15) is 9.59 Å². The first-order chi connectivity index (χ1) is 14.5. The van der Waals surface area contributed by atoms with Crippen LogP contribution in [0.15, 0.2) is 59.8 Å². The predicted molar refractivity (Wildman–Crippen MR) is 114 cm³/mol. The van der Waals surface area contributed by atoms with Gasteiger partial charge in [-0.25, -0.2) is 9.59 Å². The minimum atomic E-state index is -0.638. The van der Waals surface area contributed by atoms with Crippen LogP contribution in [0.1, 0.15) is 24.1 Å². The van der Waals surface area contributed by atoms with Gasteiger partial charge in [0.15, 0.2) is 0 Å². The summed E-state index contributed by atoms with van der Waals surface area (Å²) in [5, 5.41) is 9.43. The van der Waals surface area contributed by atoms with Crippen molar-refractivity contribution in [1.82, 2.24) is 16.0 Å². The molecule has 8 heteroatoms. The topological polar surface area (TPSA) is 88.7 Å². The highest BCUT2D eigenvalue weighted by molar-refractivity contribution is 6.31. The van der Waals surface area contributed by atoms with Gasteiger partial charge in [0.1, 0.15) is 5.75 Å². The van der Waals surface area contributed by atoms with Crippen molar-refractivity contribution >= 4 is 23.6 Å². The van der Waals surface area contributed by atoms with Crippen molar-refractivity contribution in [2.24, 2.45) is 0 Å². The second-order valence-corrected chi connectivity index (χ2v) is 7.02. The number of esters is 1. The average Bonchev–Trinajstić information content (AvgIpc) is 2.75. The molecule has 3 N–H and O–H groups in total. The Kier molecular flexibility index (Phi) is 7.32. The molecule has 3 rings (SSSR count). The molecule has 1 heterocycles. The summed E-state index contributed by atoms with van der Waals surface area (Å²) in [4.78, 5) is 25.1. The number of urea groups is 1. The fraction of sp³-hybridized carbons (Fsp3) is 0.273. The molecule has 158 valence electrons. The van der Waals surface area contributed by atoms with E-state index in [4.69, 9.17) is 21.1 Å². The van der Waals surface area contributed by atoms with Crippen molar-refractivity contribution in [2.45, 2.75) is 19.5 Å². The summed E-state index contributed by atoms with van der Waals surface area (Å²) >= 11 is 6.20. The normalized spacial score (nSPS) is 16.0. The number of carbonyl (C=O) groups excluding carboxylic acids is 2. The molecular formula is C22H24ClN3O4. The lowest BCUT2D eigenvalue weighted by Gasteiger charge is -2.29. The number of rotatable bonds is 8. The van der Waals surface area contributed by atoms with Gasteiger partial charge in [-0.3, -0.25) is 0 Å². The second kappa shape index (κ2) is 10.1. The van der Waals surface area contributed by atoms with E-state index in [0.717, 1.165) is 11.1 Å². The molecule has 2 aromatic rings. The lowest BCUT2D eigenvalue weighted by atomic mass is 9.95. The van der Waals surface area contributed by atoms with Crippen molar-refractivity contribution in [3.63, 3.8) is 0 Å². The molecule has 1 aliphatic rings. The van der Waals surface area contributed by atoms with Crippen molar-refractivity contribution in [3.05, 3.63) is 76.0 Å². The highest BCUT2D eigenvalue weighted by atomic mass is 35.5. The molecule has 2 aromatic carbocycles. The number of amides is 2. The molecule has 1 aliphatic heterocycles. The van der Waals surface area contributed by atoms with Gasteiger partial charge in [0.25, 0.3) is 0 Å². The standard InChI is InChI=1S/C22H24ClN3O4/c1-3-30-21(27)19-18(13-24-12-15-6-4-5-7-17(15)23)25-22(28)26-20(19)14-8-10-16(29-2)11-9-14/h4-11,20,24H,3,12-13H2,1-2H3,(H2,25,26,28). The summed E-state index contributed by atoms with van der Waals surface area (Å²) < 4.78 is 10.5. The maximum Gasteiger partial charge on any atom is 0.338 e. The zero-order valence-corrected chi connectivity index (χ0v) is 17.6. The molecule has 30 heavy (non-hydrogen) atoms. The van der Waals surface area contributed by atoms with E-state index in [1.807, 2.05) is 36.4 Å². The first kappa shape index (κ1) is 21.7. The van der Waals surface area contributed by atoms with Gasteiger partial charge in [0.2, 0.25) is 0 Å². The Morgan fingerprint density at radius 3 is 2.53 bits per heavy atom. The Morgan fingerprint density at radius 1 is 1.13 bits per heavy atom. The highest BCUT2D eigenvalue weighted by Crippen LogP contribution is 2.29. The van der Waals surface area contributed by atoms with Gasteiger partial charge in [0.05, 0.1) is 25.3 Å². The summed E-state index contributed by atoms with van der Waals surface area (Å²) in [6.45, 7) is 2.71. The molecule has 0 saturated carbocycles. The zero-order chi connectivity index (χ0) is 21.5. The monoisotopic (exact) mass is 429 g/mol. The number of ether oxygens (including phenoxy) is 2. The molecule has 0 saturated heterocycles. The largest absolute Gasteiger partial charge is 0.497 e. The lowest BCUT2D eigenvalue weighted by Crippen LogP contribution is -2.48. The SMILES string of the molecule is CCOC(=O)C1=C(CNCc2ccccc2Cl)NC(=O)NC1c1ccc(OC)cc1.